The molecule has 1 aliphatic rings. The van der Waals surface area contributed by atoms with Gasteiger partial charge in [0.2, 0.25) is 0 Å². The summed E-state index contributed by atoms with van der Waals surface area (Å²) in [7, 11) is 0. The fraction of sp³-hybridized carbons (Fsp3) is 0.560. The maximum Gasteiger partial charge on any atom is 0.303 e. The zero-order valence-corrected chi connectivity index (χ0v) is 18.1. The number of piperidine rings is 1. The van der Waals surface area contributed by atoms with Crippen LogP contribution in [0.3, 0.4) is 0 Å². The molecule has 1 fully saturated rings. The zero-order valence-electron chi connectivity index (χ0n) is 18.1. The Hall–Kier alpha value is -1.87. The molecule has 154 valence electrons. The van der Waals surface area contributed by atoms with E-state index in [4.69, 9.17) is 0 Å². The highest BCUT2D eigenvalue weighted by Gasteiger charge is 2.38. The predicted octanol–water partition coefficient (Wildman–Crippen LogP) is 6.16. The van der Waals surface area contributed by atoms with Crippen LogP contribution < -0.4 is 0 Å². The number of carboxylic acids is 1. The number of rotatable bonds is 9. The highest BCUT2D eigenvalue weighted by molar-refractivity contribution is 5.67. The summed E-state index contributed by atoms with van der Waals surface area (Å²) in [4.78, 5) is 13.9. The normalized spacial score (nSPS) is 21.5. The summed E-state index contributed by atoms with van der Waals surface area (Å²) >= 11 is 0. The minimum atomic E-state index is -0.691. The van der Waals surface area contributed by atoms with Gasteiger partial charge in [-0.2, -0.15) is 0 Å². The second kappa shape index (κ2) is 10.1. The van der Waals surface area contributed by atoms with Gasteiger partial charge in [-0.25, -0.2) is 0 Å². The minimum Gasteiger partial charge on any atom is -0.481 e. The fourth-order valence-electron chi connectivity index (χ4n) is 4.68. The van der Waals surface area contributed by atoms with Crippen molar-refractivity contribution in [2.75, 3.05) is 6.54 Å². The van der Waals surface area contributed by atoms with Gasteiger partial charge >= 0.3 is 5.97 Å². The van der Waals surface area contributed by atoms with Crippen molar-refractivity contribution in [2.45, 2.75) is 71.9 Å². The van der Waals surface area contributed by atoms with Gasteiger partial charge in [-0.15, -0.1) is 0 Å². The van der Waals surface area contributed by atoms with E-state index in [-0.39, 0.29) is 24.4 Å². The SMILES string of the molecule is C=C(C)C(=C)[C@H](C(CC)CC)N1CC[C@@H](CC(=O)O)C[C@H]1c1ccc(C)cc1. The maximum absolute atomic E-state index is 11.3. The van der Waals surface area contributed by atoms with E-state index >= 15 is 0 Å². The van der Waals surface area contributed by atoms with Crippen molar-refractivity contribution in [3.63, 3.8) is 0 Å². The van der Waals surface area contributed by atoms with Crippen LogP contribution in [0, 0.1) is 18.8 Å². The van der Waals surface area contributed by atoms with Crippen molar-refractivity contribution < 1.29 is 9.90 Å². The second-order valence-electron chi connectivity index (χ2n) is 8.48. The van der Waals surface area contributed by atoms with Crippen LogP contribution in [0.4, 0.5) is 0 Å². The van der Waals surface area contributed by atoms with E-state index in [0.717, 1.165) is 43.4 Å². The predicted molar refractivity (Wildman–Crippen MR) is 117 cm³/mol. The first kappa shape index (κ1) is 22.4. The second-order valence-corrected chi connectivity index (χ2v) is 8.48. The summed E-state index contributed by atoms with van der Waals surface area (Å²) in [6.45, 7) is 18.2. The molecular weight excluding hydrogens is 346 g/mol. The molecule has 1 aliphatic heterocycles. The molecule has 1 N–H and O–H groups in total. The largest absolute Gasteiger partial charge is 0.481 e. The monoisotopic (exact) mass is 383 g/mol. The van der Waals surface area contributed by atoms with Crippen molar-refractivity contribution in [3.05, 3.63) is 59.7 Å². The summed E-state index contributed by atoms with van der Waals surface area (Å²) in [5, 5.41) is 9.32. The molecule has 0 aliphatic carbocycles. The van der Waals surface area contributed by atoms with Crippen LogP contribution in [-0.4, -0.2) is 28.6 Å². The van der Waals surface area contributed by atoms with Crippen molar-refractivity contribution in [1.82, 2.24) is 4.90 Å². The molecular formula is C25H37NO2. The smallest absolute Gasteiger partial charge is 0.303 e. The van der Waals surface area contributed by atoms with Crippen molar-refractivity contribution >= 4 is 5.97 Å². The Morgan fingerprint density at radius 3 is 2.32 bits per heavy atom. The van der Waals surface area contributed by atoms with Crippen LogP contribution in [0.25, 0.3) is 0 Å². The lowest BCUT2D eigenvalue weighted by Gasteiger charge is -2.47. The van der Waals surface area contributed by atoms with Crippen LogP contribution in [-0.2, 0) is 4.79 Å². The molecule has 0 spiro atoms. The van der Waals surface area contributed by atoms with E-state index in [1.807, 2.05) is 0 Å². The zero-order chi connectivity index (χ0) is 20.8. The van der Waals surface area contributed by atoms with Gasteiger partial charge in [0.05, 0.1) is 0 Å². The summed E-state index contributed by atoms with van der Waals surface area (Å²) in [6.07, 6.45) is 4.27. The molecule has 3 nitrogen and oxygen atoms in total. The van der Waals surface area contributed by atoms with Crippen molar-refractivity contribution in [3.8, 4) is 0 Å². The Bertz CT molecular complexity index is 687. The third kappa shape index (κ3) is 5.35. The highest BCUT2D eigenvalue weighted by Crippen LogP contribution is 2.41. The molecule has 0 saturated carbocycles. The van der Waals surface area contributed by atoms with Gasteiger partial charge in [0.25, 0.3) is 0 Å². The Morgan fingerprint density at radius 1 is 1.21 bits per heavy atom. The number of hydrogen-bond acceptors (Lipinski definition) is 2. The van der Waals surface area contributed by atoms with E-state index in [2.05, 4.69) is 70.0 Å². The lowest BCUT2D eigenvalue weighted by molar-refractivity contribution is -0.138. The standard InChI is InChI=1S/C25H37NO2/c1-7-21(8-2)25(19(6)17(3)4)26-14-13-20(16-24(27)28)15-23(26)22-11-9-18(5)10-12-22/h9-12,20-21,23,25H,3,6-8,13-16H2,1-2,4-5H3,(H,27,28)/t20-,23+,25-/m1/s1. The molecule has 1 aromatic rings. The number of carbonyl (C=O) groups is 1. The number of hydrogen-bond donors (Lipinski definition) is 1. The van der Waals surface area contributed by atoms with Crippen LogP contribution in [0.1, 0.15) is 70.0 Å². The molecule has 3 heteroatoms. The number of aryl methyl sites for hydroxylation is 1. The van der Waals surface area contributed by atoms with Crippen molar-refractivity contribution in [2.24, 2.45) is 11.8 Å². The van der Waals surface area contributed by atoms with Gasteiger partial charge in [0.1, 0.15) is 0 Å². The third-order valence-corrected chi connectivity index (χ3v) is 6.44. The van der Waals surface area contributed by atoms with Gasteiger partial charge in [0.15, 0.2) is 0 Å². The molecule has 1 aromatic carbocycles. The van der Waals surface area contributed by atoms with Crippen LogP contribution >= 0.6 is 0 Å². The lowest BCUT2D eigenvalue weighted by Crippen LogP contribution is -2.48. The van der Waals surface area contributed by atoms with Crippen molar-refractivity contribution in [1.29, 1.82) is 0 Å². The summed E-state index contributed by atoms with van der Waals surface area (Å²) in [5.74, 6) is 0.0534. The molecule has 0 amide bonds. The Balaban J connectivity index is 2.43. The third-order valence-electron chi connectivity index (χ3n) is 6.44. The number of likely N-dealkylation sites (tertiary alicyclic amines) is 1. The summed E-state index contributed by atoms with van der Waals surface area (Å²) < 4.78 is 0. The van der Waals surface area contributed by atoms with E-state index < -0.39 is 5.97 Å². The molecule has 3 atom stereocenters. The number of carboxylic acid groups (broad SMARTS) is 1. The van der Waals surface area contributed by atoms with Gasteiger partial charge < -0.3 is 5.11 Å². The minimum absolute atomic E-state index is 0.223. The summed E-state index contributed by atoms with van der Waals surface area (Å²) in [6, 6.07) is 9.22. The van der Waals surface area contributed by atoms with E-state index in [9.17, 15) is 9.90 Å². The van der Waals surface area contributed by atoms with Crippen LogP contribution in [0.5, 0.6) is 0 Å². The summed E-state index contributed by atoms with van der Waals surface area (Å²) in [5.41, 5.74) is 4.71. The first-order chi connectivity index (χ1) is 13.3. The topological polar surface area (TPSA) is 40.5 Å². The molecule has 0 unspecified atom stereocenters. The van der Waals surface area contributed by atoms with E-state index in [1.165, 1.54) is 11.1 Å². The lowest BCUT2D eigenvalue weighted by atomic mass is 9.79. The Morgan fingerprint density at radius 2 is 1.82 bits per heavy atom. The molecule has 0 aromatic heterocycles. The molecule has 28 heavy (non-hydrogen) atoms. The number of aliphatic carboxylic acids is 1. The van der Waals surface area contributed by atoms with Crippen LogP contribution in [0.15, 0.2) is 48.6 Å². The van der Waals surface area contributed by atoms with Gasteiger partial charge in [-0.1, -0.05) is 75.2 Å². The van der Waals surface area contributed by atoms with Gasteiger partial charge in [-0.05, 0) is 56.2 Å². The highest BCUT2D eigenvalue weighted by atomic mass is 16.4. The van der Waals surface area contributed by atoms with Gasteiger partial charge in [0, 0.05) is 18.5 Å². The number of benzene rings is 1. The molecule has 0 bridgehead atoms. The average molecular weight is 384 g/mol. The Labute approximate surface area is 171 Å². The first-order valence-electron chi connectivity index (χ1n) is 10.7. The molecule has 0 radical (unpaired) electrons. The van der Waals surface area contributed by atoms with E-state index in [0.29, 0.717) is 5.92 Å². The first-order valence-corrected chi connectivity index (χ1v) is 10.7. The van der Waals surface area contributed by atoms with Gasteiger partial charge in [-0.3, -0.25) is 9.69 Å². The van der Waals surface area contributed by atoms with Crippen LogP contribution in [0.2, 0.25) is 0 Å². The maximum atomic E-state index is 11.3. The number of nitrogens with zero attached hydrogens (tertiary/aromatic N) is 1. The van der Waals surface area contributed by atoms with E-state index in [1.54, 1.807) is 0 Å². The quantitative estimate of drug-likeness (QED) is 0.519. The fourth-order valence-corrected chi connectivity index (χ4v) is 4.68. The molecule has 1 heterocycles. The Kier molecular flexibility index (Phi) is 8.06. The molecule has 2 rings (SSSR count). The average Bonchev–Trinajstić information content (AvgIpc) is 2.66. The molecule has 1 saturated heterocycles.